The molecule has 3 rings (SSSR count). The molecule has 1 aliphatic carbocycles. The van der Waals surface area contributed by atoms with Crippen LogP contribution < -0.4 is 5.32 Å². The number of hydrogen-bond donors (Lipinski definition) is 1. The van der Waals surface area contributed by atoms with Gasteiger partial charge in [0.1, 0.15) is 0 Å². The standard InChI is InChI=1S/C17H21BrN2S/c1-2-19-11-13-6-4-8-15-17(13)20-16(21-15)10-12-5-3-7-14(18)9-12/h3,5,7,9,13,19H,2,4,6,8,10-11H2,1H3. The van der Waals surface area contributed by atoms with Gasteiger partial charge in [0.05, 0.1) is 10.7 Å². The zero-order valence-corrected chi connectivity index (χ0v) is 14.8. The number of aryl methyl sites for hydroxylation is 1. The van der Waals surface area contributed by atoms with Gasteiger partial charge in [-0.25, -0.2) is 4.98 Å². The molecule has 0 aliphatic heterocycles. The predicted molar refractivity (Wildman–Crippen MR) is 93.3 cm³/mol. The molecule has 0 fully saturated rings. The zero-order valence-electron chi connectivity index (χ0n) is 12.4. The lowest BCUT2D eigenvalue weighted by atomic mass is 9.91. The lowest BCUT2D eigenvalue weighted by molar-refractivity contribution is 0.508. The monoisotopic (exact) mass is 364 g/mol. The van der Waals surface area contributed by atoms with Crippen molar-refractivity contribution in [1.82, 2.24) is 10.3 Å². The molecule has 0 saturated heterocycles. The number of thiazole rings is 1. The van der Waals surface area contributed by atoms with Crippen LogP contribution in [0.25, 0.3) is 0 Å². The van der Waals surface area contributed by atoms with Gasteiger partial charge in [-0.15, -0.1) is 11.3 Å². The molecule has 2 nitrogen and oxygen atoms in total. The van der Waals surface area contributed by atoms with Gasteiger partial charge in [0.15, 0.2) is 0 Å². The first-order valence-electron chi connectivity index (χ1n) is 7.70. The van der Waals surface area contributed by atoms with Crippen LogP contribution in [0.1, 0.15) is 46.8 Å². The first-order chi connectivity index (χ1) is 10.3. The van der Waals surface area contributed by atoms with Gasteiger partial charge < -0.3 is 5.32 Å². The van der Waals surface area contributed by atoms with Crippen LogP contribution in [-0.2, 0) is 12.8 Å². The van der Waals surface area contributed by atoms with Gasteiger partial charge in [0.2, 0.25) is 0 Å². The maximum Gasteiger partial charge on any atom is 0.0975 e. The molecule has 112 valence electrons. The Morgan fingerprint density at radius 3 is 3.14 bits per heavy atom. The van der Waals surface area contributed by atoms with Crippen LogP contribution in [-0.4, -0.2) is 18.1 Å². The minimum atomic E-state index is 0.612. The summed E-state index contributed by atoms with van der Waals surface area (Å²) >= 11 is 5.46. The molecule has 1 unspecified atom stereocenters. The summed E-state index contributed by atoms with van der Waals surface area (Å²) < 4.78 is 1.14. The molecule has 0 amide bonds. The van der Waals surface area contributed by atoms with Crippen LogP contribution in [0, 0.1) is 0 Å². The first-order valence-corrected chi connectivity index (χ1v) is 9.31. The largest absolute Gasteiger partial charge is 0.316 e. The van der Waals surface area contributed by atoms with E-state index in [-0.39, 0.29) is 0 Å². The van der Waals surface area contributed by atoms with E-state index in [4.69, 9.17) is 4.98 Å². The molecule has 0 bridgehead atoms. The first kappa shape index (κ1) is 15.2. The molecule has 1 aromatic heterocycles. The zero-order chi connectivity index (χ0) is 14.7. The minimum absolute atomic E-state index is 0.612. The summed E-state index contributed by atoms with van der Waals surface area (Å²) in [5.74, 6) is 0.612. The van der Waals surface area contributed by atoms with Crippen LogP contribution >= 0.6 is 27.3 Å². The van der Waals surface area contributed by atoms with Crippen molar-refractivity contribution in [2.75, 3.05) is 13.1 Å². The number of halogens is 1. The average molecular weight is 365 g/mol. The molecule has 1 N–H and O–H groups in total. The summed E-state index contributed by atoms with van der Waals surface area (Å²) in [6.45, 7) is 4.29. The van der Waals surface area contributed by atoms with Crippen LogP contribution in [0.3, 0.4) is 0 Å². The fraction of sp³-hybridized carbons (Fsp3) is 0.471. The summed E-state index contributed by atoms with van der Waals surface area (Å²) in [5.41, 5.74) is 2.70. The van der Waals surface area contributed by atoms with Crippen molar-refractivity contribution < 1.29 is 0 Å². The van der Waals surface area contributed by atoms with Gasteiger partial charge in [0, 0.05) is 28.2 Å². The van der Waals surface area contributed by atoms with Crippen molar-refractivity contribution in [3.8, 4) is 0 Å². The van der Waals surface area contributed by atoms with Crippen LogP contribution in [0.2, 0.25) is 0 Å². The van der Waals surface area contributed by atoms with Gasteiger partial charge in [0.25, 0.3) is 0 Å². The van der Waals surface area contributed by atoms with Crippen molar-refractivity contribution >= 4 is 27.3 Å². The quantitative estimate of drug-likeness (QED) is 0.842. The van der Waals surface area contributed by atoms with Crippen LogP contribution in [0.15, 0.2) is 28.7 Å². The summed E-state index contributed by atoms with van der Waals surface area (Å²) in [7, 11) is 0. The molecular weight excluding hydrogens is 344 g/mol. The van der Waals surface area contributed by atoms with E-state index in [0.717, 1.165) is 24.0 Å². The third-order valence-corrected chi connectivity index (χ3v) is 5.62. The summed E-state index contributed by atoms with van der Waals surface area (Å²) in [6.07, 6.45) is 4.75. The number of likely N-dealkylation sites (N-methyl/N-ethyl adjacent to an activating group) is 1. The number of hydrogen-bond acceptors (Lipinski definition) is 3. The van der Waals surface area contributed by atoms with Crippen LogP contribution in [0.5, 0.6) is 0 Å². The normalized spacial score (nSPS) is 17.7. The fourth-order valence-corrected chi connectivity index (χ4v) is 4.65. The average Bonchev–Trinajstić information content (AvgIpc) is 2.88. The Morgan fingerprint density at radius 2 is 2.33 bits per heavy atom. The third-order valence-electron chi connectivity index (χ3n) is 4.00. The highest BCUT2D eigenvalue weighted by Crippen LogP contribution is 2.35. The molecule has 1 aromatic carbocycles. The highest BCUT2D eigenvalue weighted by Gasteiger charge is 2.24. The number of nitrogens with one attached hydrogen (secondary N) is 1. The maximum atomic E-state index is 4.97. The topological polar surface area (TPSA) is 24.9 Å². The second kappa shape index (κ2) is 7.03. The Kier molecular flexibility index (Phi) is 5.09. The fourth-order valence-electron chi connectivity index (χ4n) is 2.97. The van der Waals surface area contributed by atoms with Gasteiger partial charge in [-0.1, -0.05) is 35.0 Å². The Hall–Kier alpha value is -0.710. The van der Waals surface area contributed by atoms with Crippen molar-refractivity contribution in [3.05, 3.63) is 49.9 Å². The Balaban J connectivity index is 1.78. The van der Waals surface area contributed by atoms with E-state index in [1.165, 1.54) is 40.4 Å². The smallest absolute Gasteiger partial charge is 0.0975 e. The number of nitrogens with zero attached hydrogens (tertiary/aromatic N) is 1. The highest BCUT2D eigenvalue weighted by molar-refractivity contribution is 9.10. The minimum Gasteiger partial charge on any atom is -0.316 e. The molecule has 2 aromatic rings. The van der Waals surface area contributed by atoms with Crippen LogP contribution in [0.4, 0.5) is 0 Å². The van der Waals surface area contributed by atoms with E-state index in [0.29, 0.717) is 5.92 Å². The van der Waals surface area contributed by atoms with Crippen molar-refractivity contribution in [3.63, 3.8) is 0 Å². The van der Waals surface area contributed by atoms with E-state index in [1.54, 1.807) is 0 Å². The molecular formula is C17H21BrN2S. The van der Waals surface area contributed by atoms with Crippen molar-refractivity contribution in [2.24, 2.45) is 0 Å². The predicted octanol–water partition coefficient (Wildman–Crippen LogP) is 4.53. The van der Waals surface area contributed by atoms with Gasteiger partial charge in [-0.05, 0) is 43.5 Å². The molecule has 1 aliphatic rings. The van der Waals surface area contributed by atoms with E-state index < -0.39 is 0 Å². The second-order valence-electron chi connectivity index (χ2n) is 5.62. The Labute approximate surface area is 139 Å². The van der Waals surface area contributed by atoms with Crippen molar-refractivity contribution in [2.45, 2.75) is 38.5 Å². The molecule has 1 atom stereocenters. The highest BCUT2D eigenvalue weighted by atomic mass is 79.9. The van der Waals surface area contributed by atoms with Gasteiger partial charge in [-0.3, -0.25) is 0 Å². The summed E-state index contributed by atoms with van der Waals surface area (Å²) in [5, 5.41) is 4.75. The molecule has 0 saturated carbocycles. The molecule has 21 heavy (non-hydrogen) atoms. The second-order valence-corrected chi connectivity index (χ2v) is 7.70. The Morgan fingerprint density at radius 1 is 1.43 bits per heavy atom. The van der Waals surface area contributed by atoms with E-state index in [1.807, 2.05) is 11.3 Å². The summed E-state index contributed by atoms with van der Waals surface area (Å²) in [4.78, 5) is 6.50. The molecule has 1 heterocycles. The third kappa shape index (κ3) is 3.74. The van der Waals surface area contributed by atoms with E-state index in [9.17, 15) is 0 Å². The van der Waals surface area contributed by atoms with E-state index in [2.05, 4.69) is 52.4 Å². The lowest BCUT2D eigenvalue weighted by Gasteiger charge is -2.21. The molecule has 0 radical (unpaired) electrons. The SMILES string of the molecule is CCNCC1CCCc2sc(Cc3cccc(Br)c3)nc21. The Bertz CT molecular complexity index is 609. The lowest BCUT2D eigenvalue weighted by Crippen LogP contribution is -2.24. The molecule has 0 spiro atoms. The number of aromatic nitrogens is 1. The molecule has 4 heteroatoms. The van der Waals surface area contributed by atoms with Gasteiger partial charge in [-0.2, -0.15) is 0 Å². The number of fused-ring (bicyclic) bond motifs is 1. The maximum absolute atomic E-state index is 4.97. The van der Waals surface area contributed by atoms with Crippen molar-refractivity contribution in [1.29, 1.82) is 0 Å². The summed E-state index contributed by atoms with van der Waals surface area (Å²) in [6, 6.07) is 8.54. The number of benzene rings is 1. The number of rotatable bonds is 5. The van der Waals surface area contributed by atoms with E-state index >= 15 is 0 Å². The van der Waals surface area contributed by atoms with Gasteiger partial charge >= 0.3 is 0 Å².